The quantitative estimate of drug-likeness (QED) is 0.556. The van der Waals surface area contributed by atoms with Gasteiger partial charge in [0.1, 0.15) is 0 Å². The molecule has 0 radical (unpaired) electrons. The van der Waals surface area contributed by atoms with Gasteiger partial charge in [-0.3, -0.25) is 4.90 Å². The van der Waals surface area contributed by atoms with Gasteiger partial charge < -0.3 is 9.47 Å². The van der Waals surface area contributed by atoms with Gasteiger partial charge in [-0.05, 0) is 50.5 Å². The van der Waals surface area contributed by atoms with Gasteiger partial charge in [-0.25, -0.2) is 18.3 Å². The molecule has 1 saturated heterocycles. The lowest BCUT2D eigenvalue weighted by atomic mass is 9.83. The Morgan fingerprint density at radius 3 is 2.45 bits per heavy atom. The Labute approximate surface area is 194 Å². The smallest absolute Gasteiger partial charge is 0.410 e. The number of ether oxygens (including phenoxy) is 2. The lowest BCUT2D eigenvalue weighted by Gasteiger charge is -2.33. The second-order valence-corrected chi connectivity index (χ2v) is 10.3. The second-order valence-electron chi connectivity index (χ2n) is 8.68. The fourth-order valence-electron chi connectivity index (χ4n) is 4.79. The second kappa shape index (κ2) is 11.5. The Morgan fingerprint density at radius 2 is 1.85 bits per heavy atom. The number of hydrogen-bond donors (Lipinski definition) is 2. The molecular weight excluding hydrogens is 456 g/mol. The van der Waals surface area contributed by atoms with Gasteiger partial charge in [0, 0.05) is 19.1 Å². The molecule has 2 N–H and O–H groups in total. The summed E-state index contributed by atoms with van der Waals surface area (Å²) in [5, 5.41) is 0. The van der Waals surface area contributed by atoms with Crippen LogP contribution in [-0.4, -0.2) is 70.3 Å². The van der Waals surface area contributed by atoms with Crippen LogP contribution in [0.3, 0.4) is 0 Å². The molecule has 0 aromatic heterocycles. The van der Waals surface area contributed by atoms with E-state index in [0.717, 1.165) is 25.7 Å². The molecular formula is C22H33F2N3O5S. The first-order valence-electron chi connectivity index (χ1n) is 11.3. The van der Waals surface area contributed by atoms with E-state index in [1.54, 1.807) is 6.92 Å². The van der Waals surface area contributed by atoms with Gasteiger partial charge in [0.15, 0.2) is 6.61 Å². The number of halogens is 2. The van der Waals surface area contributed by atoms with Crippen molar-refractivity contribution in [3.8, 4) is 0 Å². The molecule has 1 saturated carbocycles. The molecule has 2 aliphatic rings. The maximum atomic E-state index is 12.5. The normalized spacial score (nSPS) is 28.3. The molecule has 0 spiro atoms. The van der Waals surface area contributed by atoms with E-state index in [1.807, 2.05) is 18.2 Å². The van der Waals surface area contributed by atoms with Gasteiger partial charge in [0.2, 0.25) is 0 Å². The Morgan fingerprint density at radius 1 is 1.18 bits per heavy atom. The fourth-order valence-corrected chi connectivity index (χ4v) is 5.56. The van der Waals surface area contributed by atoms with Crippen molar-refractivity contribution in [1.82, 2.24) is 14.3 Å². The highest BCUT2D eigenvalue weighted by Crippen LogP contribution is 2.34. The third-order valence-electron chi connectivity index (χ3n) is 6.46. The lowest BCUT2D eigenvalue weighted by Crippen LogP contribution is -2.52. The van der Waals surface area contributed by atoms with Gasteiger partial charge in [-0.1, -0.05) is 30.3 Å². The van der Waals surface area contributed by atoms with E-state index < -0.39 is 47.5 Å². The van der Waals surface area contributed by atoms with Crippen molar-refractivity contribution in [3.63, 3.8) is 0 Å². The zero-order chi connectivity index (χ0) is 24.0. The van der Waals surface area contributed by atoms with Crippen molar-refractivity contribution in [2.24, 2.45) is 0 Å². The minimum absolute atomic E-state index is 0.0126. The van der Waals surface area contributed by atoms with Crippen molar-refractivity contribution in [1.29, 1.82) is 0 Å². The number of likely N-dealkylation sites (tertiary alicyclic amines) is 1. The zero-order valence-corrected chi connectivity index (χ0v) is 19.8. The number of amides is 1. The number of hydrogen-bond acceptors (Lipinski definition) is 5. The Kier molecular flexibility index (Phi) is 9.02. The van der Waals surface area contributed by atoms with Gasteiger partial charge in [-0.2, -0.15) is 13.1 Å². The average Bonchev–Trinajstić information content (AvgIpc) is 3.10. The summed E-state index contributed by atoms with van der Waals surface area (Å²) >= 11 is 0. The number of nitrogens with one attached hydrogen (secondary N) is 2. The highest BCUT2D eigenvalue weighted by molar-refractivity contribution is 7.87. The molecule has 1 aromatic carbocycles. The molecule has 1 unspecified atom stereocenters. The van der Waals surface area contributed by atoms with Crippen LogP contribution in [0.2, 0.25) is 0 Å². The number of rotatable bonds is 9. The molecule has 1 heterocycles. The van der Waals surface area contributed by atoms with Crippen LogP contribution in [0, 0.1) is 0 Å². The summed E-state index contributed by atoms with van der Waals surface area (Å²) in [5.41, 5.74) is 1.31. The van der Waals surface area contributed by atoms with E-state index >= 15 is 0 Å². The predicted octanol–water partition coefficient (Wildman–Crippen LogP) is 3.02. The number of carbonyl (C=O) groups is 1. The first-order chi connectivity index (χ1) is 15.7. The summed E-state index contributed by atoms with van der Waals surface area (Å²) < 4.78 is 64.9. The monoisotopic (exact) mass is 489 g/mol. The maximum absolute atomic E-state index is 12.5. The summed E-state index contributed by atoms with van der Waals surface area (Å²) in [6, 6.07) is 8.64. The standard InChI is InChI=1S/C22H33F2N3O5S/c1-15-12-19(26-33(29,30)25-2)20(27(15)22(28)32-14-21(23)24)13-31-18-10-8-17(9-11-18)16-6-4-3-5-7-16/h3-7,15,17-21,25-26H,8-14H2,1-2H3/t15-,17?,18?,19+,20?/m1/s1. The van der Waals surface area contributed by atoms with Crippen molar-refractivity contribution < 1.29 is 31.5 Å². The van der Waals surface area contributed by atoms with Crippen molar-refractivity contribution in [2.75, 3.05) is 20.3 Å². The summed E-state index contributed by atoms with van der Waals surface area (Å²) in [7, 11) is -2.49. The molecule has 1 aliphatic carbocycles. The zero-order valence-electron chi connectivity index (χ0n) is 19.0. The SMILES string of the molecule is CNS(=O)(=O)N[C@H]1C[C@@H](C)N(C(=O)OCC(F)F)C1COC1CCC(c2ccccc2)CC1. The average molecular weight is 490 g/mol. The largest absolute Gasteiger partial charge is 0.443 e. The van der Waals surface area contributed by atoms with Crippen LogP contribution >= 0.6 is 0 Å². The fraction of sp³-hybridized carbons (Fsp3) is 0.682. The molecule has 1 aliphatic heterocycles. The van der Waals surface area contributed by atoms with Crippen molar-refractivity contribution in [2.45, 2.75) is 75.6 Å². The minimum atomic E-state index is -3.77. The van der Waals surface area contributed by atoms with Crippen molar-refractivity contribution in [3.05, 3.63) is 35.9 Å². The molecule has 2 fully saturated rings. The van der Waals surface area contributed by atoms with Crippen LogP contribution < -0.4 is 9.44 Å². The van der Waals surface area contributed by atoms with E-state index in [1.165, 1.54) is 17.5 Å². The topological polar surface area (TPSA) is 97.0 Å². The molecule has 0 bridgehead atoms. The summed E-state index contributed by atoms with van der Waals surface area (Å²) in [6.45, 7) is 0.813. The highest BCUT2D eigenvalue weighted by atomic mass is 32.2. The van der Waals surface area contributed by atoms with Crippen LogP contribution in [0.15, 0.2) is 30.3 Å². The number of carbonyl (C=O) groups excluding carboxylic acids is 1. The van der Waals surface area contributed by atoms with E-state index in [2.05, 4.69) is 21.6 Å². The molecule has 186 valence electrons. The van der Waals surface area contributed by atoms with Gasteiger partial charge >= 0.3 is 6.09 Å². The highest BCUT2D eigenvalue weighted by Gasteiger charge is 2.44. The molecule has 33 heavy (non-hydrogen) atoms. The van der Waals surface area contributed by atoms with Crippen LogP contribution in [-0.2, 0) is 19.7 Å². The Hall–Kier alpha value is -1.82. The predicted molar refractivity (Wildman–Crippen MR) is 119 cm³/mol. The molecule has 11 heteroatoms. The Bertz CT molecular complexity index is 866. The molecule has 8 nitrogen and oxygen atoms in total. The van der Waals surface area contributed by atoms with Gasteiger partial charge in [0.05, 0.1) is 18.8 Å². The third-order valence-corrected chi connectivity index (χ3v) is 7.61. The number of benzene rings is 1. The lowest BCUT2D eigenvalue weighted by molar-refractivity contribution is -0.0170. The first kappa shape index (κ1) is 25.8. The first-order valence-corrected chi connectivity index (χ1v) is 12.8. The summed E-state index contributed by atoms with van der Waals surface area (Å²) in [6.07, 6.45) is 0.295. The van der Waals surface area contributed by atoms with Crippen LogP contribution in [0.25, 0.3) is 0 Å². The van der Waals surface area contributed by atoms with Crippen molar-refractivity contribution >= 4 is 16.3 Å². The Balaban J connectivity index is 1.63. The summed E-state index contributed by atoms with van der Waals surface area (Å²) in [4.78, 5) is 13.8. The van der Waals surface area contributed by atoms with E-state index in [4.69, 9.17) is 9.47 Å². The van der Waals surface area contributed by atoms with Crippen LogP contribution in [0.1, 0.15) is 50.5 Å². The third kappa shape index (κ3) is 7.08. The number of alkyl halides is 2. The van der Waals surface area contributed by atoms with E-state index in [0.29, 0.717) is 12.3 Å². The molecule has 3 atom stereocenters. The number of nitrogens with zero attached hydrogens (tertiary/aromatic N) is 1. The molecule has 3 rings (SSSR count). The van der Waals surface area contributed by atoms with E-state index in [-0.39, 0.29) is 12.7 Å². The van der Waals surface area contributed by atoms with Crippen LogP contribution in [0.5, 0.6) is 0 Å². The van der Waals surface area contributed by atoms with Gasteiger partial charge in [0.25, 0.3) is 16.6 Å². The maximum Gasteiger partial charge on any atom is 0.410 e. The minimum Gasteiger partial charge on any atom is -0.443 e. The van der Waals surface area contributed by atoms with Gasteiger partial charge in [-0.15, -0.1) is 0 Å². The van der Waals surface area contributed by atoms with Crippen LogP contribution in [0.4, 0.5) is 13.6 Å². The molecule has 1 aromatic rings. The summed E-state index contributed by atoms with van der Waals surface area (Å²) in [5.74, 6) is 0.480. The molecule has 1 amide bonds. The van der Waals surface area contributed by atoms with E-state index in [9.17, 15) is 22.0 Å².